The molecule has 0 unspecified atom stereocenters. The molecule has 1 amide bonds. The predicted molar refractivity (Wildman–Crippen MR) is 106 cm³/mol. The van der Waals surface area contributed by atoms with Gasteiger partial charge in [0.05, 0.1) is 11.2 Å². The van der Waals surface area contributed by atoms with E-state index >= 15 is 0 Å². The fraction of sp³-hybridized carbons (Fsp3) is 0.333. The number of nitrogens with zero attached hydrogens (tertiary/aromatic N) is 3. The van der Waals surface area contributed by atoms with Crippen LogP contribution in [0.3, 0.4) is 0 Å². The molecule has 1 fully saturated rings. The second-order valence-corrected chi connectivity index (χ2v) is 7.05. The predicted octanol–water partition coefficient (Wildman–Crippen LogP) is 3.42. The van der Waals surface area contributed by atoms with Gasteiger partial charge in [-0.15, -0.1) is 10.2 Å². The largest absolute Gasteiger partial charge is 0.507 e. The van der Waals surface area contributed by atoms with Crippen LogP contribution in [0.15, 0.2) is 36.4 Å². The number of phenols is 1. The van der Waals surface area contributed by atoms with Gasteiger partial charge in [-0.3, -0.25) is 4.79 Å². The lowest BCUT2D eigenvalue weighted by Crippen LogP contribution is -2.32. The minimum absolute atomic E-state index is 0.0295. The summed E-state index contributed by atoms with van der Waals surface area (Å²) in [7, 11) is 1.53. The number of hydrogen-bond donors (Lipinski definition) is 2. The van der Waals surface area contributed by atoms with Crippen LogP contribution in [0.5, 0.6) is 11.6 Å². The van der Waals surface area contributed by atoms with Gasteiger partial charge in [0, 0.05) is 30.1 Å². The number of carbonyl (C=O) groups excluding carboxylic acids is 1. The van der Waals surface area contributed by atoms with Crippen molar-refractivity contribution in [3.63, 3.8) is 0 Å². The van der Waals surface area contributed by atoms with Crippen LogP contribution < -0.4 is 10.1 Å². The number of hydrogen-bond acceptors (Lipinski definition) is 6. The standard InChI is InChI=1S/C21H21FN4O3/c1-23-21(28)16-7-6-12-10-13(18(27)11-17(12)24-16)15-8-9-20(26-25-15)29-19-5-3-2-4-14(19)22/h6-11,14,19,27H,2-5H2,1H3,(H,23,28)/t14-,19+/m0/s1. The van der Waals surface area contributed by atoms with E-state index in [9.17, 15) is 14.3 Å². The van der Waals surface area contributed by atoms with Crippen LogP contribution in [-0.4, -0.2) is 45.5 Å². The van der Waals surface area contributed by atoms with Gasteiger partial charge in [0.25, 0.3) is 5.91 Å². The summed E-state index contributed by atoms with van der Waals surface area (Å²) in [5.41, 5.74) is 1.69. The van der Waals surface area contributed by atoms with Crippen LogP contribution in [0, 0.1) is 0 Å². The lowest BCUT2D eigenvalue weighted by molar-refractivity contribution is 0.0594. The molecular weight excluding hydrogens is 375 g/mol. The van der Waals surface area contributed by atoms with Gasteiger partial charge in [-0.05, 0) is 37.5 Å². The molecule has 0 bridgehead atoms. The maximum atomic E-state index is 13.9. The Kier molecular flexibility index (Phi) is 5.24. The number of ether oxygens (including phenoxy) is 1. The number of aromatic nitrogens is 3. The Balaban J connectivity index is 1.59. The van der Waals surface area contributed by atoms with Crippen molar-refractivity contribution in [3.05, 3.63) is 42.1 Å². The van der Waals surface area contributed by atoms with Crippen LogP contribution in [0.2, 0.25) is 0 Å². The number of benzene rings is 1. The number of pyridine rings is 1. The second kappa shape index (κ2) is 7.98. The van der Waals surface area contributed by atoms with Crippen molar-refractivity contribution in [2.24, 2.45) is 0 Å². The van der Waals surface area contributed by atoms with E-state index in [-0.39, 0.29) is 23.2 Å². The van der Waals surface area contributed by atoms with Crippen LogP contribution in [0.25, 0.3) is 22.2 Å². The Labute approximate surface area is 166 Å². The molecule has 1 aliphatic carbocycles. The number of halogens is 1. The molecule has 1 aliphatic rings. The molecule has 1 saturated carbocycles. The lowest BCUT2D eigenvalue weighted by Gasteiger charge is -2.25. The Morgan fingerprint density at radius 1 is 1.17 bits per heavy atom. The molecule has 7 nitrogen and oxygen atoms in total. The molecule has 8 heteroatoms. The highest BCUT2D eigenvalue weighted by atomic mass is 19.1. The summed E-state index contributed by atoms with van der Waals surface area (Å²) in [5, 5.41) is 21.8. The average Bonchev–Trinajstić information content (AvgIpc) is 2.74. The van der Waals surface area contributed by atoms with Crippen molar-refractivity contribution in [1.29, 1.82) is 0 Å². The summed E-state index contributed by atoms with van der Waals surface area (Å²) in [6, 6.07) is 9.88. The molecule has 0 aliphatic heterocycles. The summed E-state index contributed by atoms with van der Waals surface area (Å²) >= 11 is 0. The number of carbonyl (C=O) groups is 1. The number of amides is 1. The summed E-state index contributed by atoms with van der Waals surface area (Å²) in [4.78, 5) is 16.0. The topological polar surface area (TPSA) is 97.2 Å². The van der Waals surface area contributed by atoms with Crippen LogP contribution in [0.4, 0.5) is 4.39 Å². The molecule has 1 aromatic carbocycles. The van der Waals surface area contributed by atoms with E-state index in [1.807, 2.05) is 0 Å². The van der Waals surface area contributed by atoms with Gasteiger partial charge in [-0.2, -0.15) is 0 Å². The van der Waals surface area contributed by atoms with Crippen molar-refractivity contribution in [3.8, 4) is 22.9 Å². The molecule has 3 aromatic rings. The van der Waals surface area contributed by atoms with Gasteiger partial charge in [0.1, 0.15) is 23.7 Å². The smallest absolute Gasteiger partial charge is 0.269 e. The Hall–Kier alpha value is -3.29. The zero-order valence-electron chi connectivity index (χ0n) is 15.9. The molecule has 0 radical (unpaired) electrons. The summed E-state index contributed by atoms with van der Waals surface area (Å²) in [6.07, 6.45) is 1.53. The normalized spacial score (nSPS) is 19.1. The van der Waals surface area contributed by atoms with Crippen LogP contribution in [0.1, 0.15) is 36.2 Å². The number of nitrogens with one attached hydrogen (secondary N) is 1. The van der Waals surface area contributed by atoms with Crippen molar-refractivity contribution in [2.75, 3.05) is 7.05 Å². The fourth-order valence-corrected chi connectivity index (χ4v) is 3.49. The fourth-order valence-electron chi connectivity index (χ4n) is 3.49. The third-order valence-electron chi connectivity index (χ3n) is 5.08. The zero-order chi connectivity index (χ0) is 20.4. The van der Waals surface area contributed by atoms with Gasteiger partial charge in [-0.1, -0.05) is 12.5 Å². The third-order valence-corrected chi connectivity index (χ3v) is 5.08. The minimum atomic E-state index is -0.984. The van der Waals surface area contributed by atoms with Gasteiger partial charge in [-0.25, -0.2) is 9.37 Å². The first-order valence-corrected chi connectivity index (χ1v) is 9.56. The molecule has 29 heavy (non-hydrogen) atoms. The van der Waals surface area contributed by atoms with E-state index in [1.165, 1.54) is 13.1 Å². The molecule has 0 spiro atoms. The van der Waals surface area contributed by atoms with E-state index in [2.05, 4.69) is 20.5 Å². The van der Waals surface area contributed by atoms with Gasteiger partial charge in [0.2, 0.25) is 5.88 Å². The van der Waals surface area contributed by atoms with Crippen molar-refractivity contribution >= 4 is 16.8 Å². The zero-order valence-corrected chi connectivity index (χ0v) is 15.9. The third kappa shape index (κ3) is 3.96. The molecule has 4 rings (SSSR count). The maximum Gasteiger partial charge on any atom is 0.269 e. The van der Waals surface area contributed by atoms with E-state index in [1.54, 1.807) is 30.3 Å². The number of alkyl halides is 1. The van der Waals surface area contributed by atoms with Crippen molar-refractivity contribution in [1.82, 2.24) is 20.5 Å². The molecule has 0 saturated heterocycles. The van der Waals surface area contributed by atoms with Crippen molar-refractivity contribution < 1.29 is 19.0 Å². The van der Waals surface area contributed by atoms with Gasteiger partial charge < -0.3 is 15.2 Å². The number of fused-ring (bicyclic) bond motifs is 1. The van der Waals surface area contributed by atoms with Gasteiger partial charge >= 0.3 is 0 Å². The number of rotatable bonds is 4. The van der Waals surface area contributed by atoms with E-state index < -0.39 is 12.3 Å². The Bertz CT molecular complexity index is 1040. The summed E-state index contributed by atoms with van der Waals surface area (Å²) < 4.78 is 19.6. The first-order chi connectivity index (χ1) is 14.0. The first-order valence-electron chi connectivity index (χ1n) is 9.56. The number of phenolic OH excluding ortho intramolecular Hbond substituents is 1. The minimum Gasteiger partial charge on any atom is -0.507 e. The molecule has 2 heterocycles. The Morgan fingerprint density at radius 2 is 2.00 bits per heavy atom. The molecule has 2 atom stereocenters. The highest BCUT2D eigenvalue weighted by molar-refractivity contribution is 5.96. The first kappa shape index (κ1) is 19.0. The van der Waals surface area contributed by atoms with Gasteiger partial charge in [0.15, 0.2) is 0 Å². The summed E-state index contributed by atoms with van der Waals surface area (Å²) in [6.45, 7) is 0. The lowest BCUT2D eigenvalue weighted by atomic mass is 9.96. The highest BCUT2D eigenvalue weighted by Gasteiger charge is 2.26. The Morgan fingerprint density at radius 3 is 2.72 bits per heavy atom. The molecule has 150 valence electrons. The molecule has 2 N–H and O–H groups in total. The summed E-state index contributed by atoms with van der Waals surface area (Å²) in [5.74, 6) is -0.0657. The number of aromatic hydroxyl groups is 1. The van der Waals surface area contributed by atoms with Crippen LogP contribution >= 0.6 is 0 Å². The molecule has 2 aromatic heterocycles. The van der Waals surface area contributed by atoms with E-state index in [0.717, 1.165) is 18.2 Å². The SMILES string of the molecule is CNC(=O)c1ccc2cc(-c3ccc(O[C@@H]4CCCC[C@@H]4F)nn3)c(O)cc2n1. The average molecular weight is 396 g/mol. The molecular formula is C21H21FN4O3. The monoisotopic (exact) mass is 396 g/mol. The van der Waals surface area contributed by atoms with Crippen molar-refractivity contribution in [2.45, 2.75) is 38.0 Å². The van der Waals surface area contributed by atoms with E-state index in [4.69, 9.17) is 4.74 Å². The highest BCUT2D eigenvalue weighted by Crippen LogP contribution is 2.32. The quantitative estimate of drug-likeness (QED) is 0.701. The second-order valence-electron chi connectivity index (χ2n) is 7.05. The van der Waals surface area contributed by atoms with E-state index in [0.29, 0.717) is 29.6 Å². The maximum absolute atomic E-state index is 13.9. The van der Waals surface area contributed by atoms with Crippen LogP contribution in [-0.2, 0) is 0 Å².